The lowest BCUT2D eigenvalue weighted by molar-refractivity contribution is -0.115. The van der Waals surface area contributed by atoms with Crippen LogP contribution in [-0.2, 0) is 4.79 Å². The molecule has 0 heterocycles. The number of benzene rings is 1. The maximum Gasteiger partial charge on any atom is 0.243 e. The van der Waals surface area contributed by atoms with Crippen molar-refractivity contribution in [3.63, 3.8) is 0 Å². The lowest BCUT2D eigenvalue weighted by atomic mass is 10.2. The van der Waals surface area contributed by atoms with Crippen molar-refractivity contribution in [3.05, 3.63) is 40.1 Å². The molecule has 4 heteroatoms. The van der Waals surface area contributed by atoms with Gasteiger partial charge in [0.2, 0.25) is 5.91 Å². The van der Waals surface area contributed by atoms with E-state index in [-0.39, 0.29) is 11.7 Å². The first-order valence-corrected chi connectivity index (χ1v) is 4.77. The Labute approximate surface area is 89.9 Å². The number of carbonyl (C=O) groups excluding carboxylic acids is 1. The first-order valence-electron chi connectivity index (χ1n) is 3.98. The number of amides is 1. The molecule has 0 aromatic heterocycles. The van der Waals surface area contributed by atoms with Gasteiger partial charge < -0.3 is 5.32 Å². The second kappa shape index (κ2) is 4.91. The van der Waals surface area contributed by atoms with Crippen molar-refractivity contribution in [3.8, 4) is 0 Å². The summed E-state index contributed by atoms with van der Waals surface area (Å²) in [5.41, 5.74) is 0.648. The van der Waals surface area contributed by atoms with Crippen molar-refractivity contribution in [2.24, 2.45) is 0 Å². The lowest BCUT2D eigenvalue weighted by Crippen LogP contribution is -2.13. The highest BCUT2D eigenvalue weighted by Crippen LogP contribution is 2.16. The Morgan fingerprint density at radius 1 is 1.57 bits per heavy atom. The highest BCUT2D eigenvalue weighted by Gasteiger charge is 1.98. The summed E-state index contributed by atoms with van der Waals surface area (Å²) in [7, 11) is 1.54. The number of rotatable bonds is 2. The van der Waals surface area contributed by atoms with Gasteiger partial charge in [-0.15, -0.1) is 0 Å². The van der Waals surface area contributed by atoms with E-state index in [1.165, 1.54) is 19.2 Å². The van der Waals surface area contributed by atoms with Gasteiger partial charge in [-0.3, -0.25) is 4.79 Å². The summed E-state index contributed by atoms with van der Waals surface area (Å²) in [5.74, 6) is -0.558. The zero-order chi connectivity index (χ0) is 10.6. The summed E-state index contributed by atoms with van der Waals surface area (Å²) in [6.45, 7) is 0. The van der Waals surface area contributed by atoms with Crippen LogP contribution < -0.4 is 5.32 Å². The van der Waals surface area contributed by atoms with E-state index in [0.29, 0.717) is 10.0 Å². The Morgan fingerprint density at radius 2 is 2.29 bits per heavy atom. The Hall–Kier alpha value is -1.16. The third-order valence-electron chi connectivity index (χ3n) is 1.62. The molecule has 0 aliphatic carbocycles. The topological polar surface area (TPSA) is 29.1 Å². The normalized spacial score (nSPS) is 10.5. The van der Waals surface area contributed by atoms with Crippen LogP contribution in [0.5, 0.6) is 0 Å². The van der Waals surface area contributed by atoms with Crippen LogP contribution in [0.15, 0.2) is 28.7 Å². The highest BCUT2D eigenvalue weighted by atomic mass is 79.9. The van der Waals surface area contributed by atoms with E-state index >= 15 is 0 Å². The molecule has 0 saturated carbocycles. The number of hydrogen-bond donors (Lipinski definition) is 1. The smallest absolute Gasteiger partial charge is 0.243 e. The van der Waals surface area contributed by atoms with Gasteiger partial charge in [0.25, 0.3) is 0 Å². The van der Waals surface area contributed by atoms with Crippen LogP contribution in [0.2, 0.25) is 0 Å². The van der Waals surface area contributed by atoms with Crippen LogP contribution in [0.4, 0.5) is 4.39 Å². The SMILES string of the molecule is CNC(=O)C=Cc1ccc(Br)c(F)c1. The number of nitrogens with one attached hydrogen (secondary N) is 1. The molecule has 0 atom stereocenters. The molecule has 2 nitrogen and oxygen atoms in total. The second-order valence-corrected chi connectivity index (χ2v) is 3.48. The number of halogens is 2. The molecule has 0 saturated heterocycles. The minimum atomic E-state index is -0.343. The van der Waals surface area contributed by atoms with Crippen LogP contribution in [0, 0.1) is 5.82 Å². The van der Waals surface area contributed by atoms with Gasteiger partial charge in [-0.25, -0.2) is 4.39 Å². The maximum absolute atomic E-state index is 13.0. The van der Waals surface area contributed by atoms with Crippen molar-refractivity contribution in [2.75, 3.05) is 7.05 Å². The predicted molar refractivity (Wildman–Crippen MR) is 57.2 cm³/mol. The Kier molecular flexibility index (Phi) is 3.83. The summed E-state index contributed by atoms with van der Waals surface area (Å²) in [6, 6.07) is 4.66. The van der Waals surface area contributed by atoms with E-state index in [1.54, 1.807) is 18.2 Å². The fourth-order valence-corrected chi connectivity index (χ4v) is 1.12. The molecule has 1 amide bonds. The van der Waals surface area contributed by atoms with Crippen LogP contribution >= 0.6 is 15.9 Å². The molecule has 74 valence electrons. The molecule has 1 aromatic carbocycles. The molecule has 1 aromatic rings. The van der Waals surface area contributed by atoms with Crippen molar-refractivity contribution in [1.82, 2.24) is 5.32 Å². The van der Waals surface area contributed by atoms with Gasteiger partial charge >= 0.3 is 0 Å². The van der Waals surface area contributed by atoms with Gasteiger partial charge in [0.1, 0.15) is 5.82 Å². The van der Waals surface area contributed by atoms with Crippen LogP contribution in [0.3, 0.4) is 0 Å². The fourth-order valence-electron chi connectivity index (χ4n) is 0.871. The number of hydrogen-bond acceptors (Lipinski definition) is 1. The molecular formula is C10H9BrFNO. The Bertz CT molecular complexity index is 376. The summed E-state index contributed by atoms with van der Waals surface area (Å²) in [4.78, 5) is 10.8. The van der Waals surface area contributed by atoms with Crippen LogP contribution in [0.25, 0.3) is 6.08 Å². The molecule has 0 unspecified atom stereocenters. The molecule has 0 aliphatic rings. The van der Waals surface area contributed by atoms with E-state index in [1.807, 2.05) is 0 Å². The number of likely N-dealkylation sites (N-methyl/N-ethyl adjacent to an activating group) is 1. The average molecular weight is 258 g/mol. The Morgan fingerprint density at radius 3 is 2.86 bits per heavy atom. The maximum atomic E-state index is 13.0. The van der Waals surface area contributed by atoms with Gasteiger partial charge in [0, 0.05) is 13.1 Å². The van der Waals surface area contributed by atoms with E-state index in [2.05, 4.69) is 21.2 Å². The fraction of sp³-hybridized carbons (Fsp3) is 0.100. The standard InChI is InChI=1S/C10H9BrFNO/c1-13-10(14)5-3-7-2-4-8(11)9(12)6-7/h2-6H,1H3,(H,13,14). The summed E-state index contributed by atoms with van der Waals surface area (Å²) >= 11 is 3.04. The molecular weight excluding hydrogens is 249 g/mol. The van der Waals surface area contributed by atoms with Crippen LogP contribution in [-0.4, -0.2) is 13.0 Å². The average Bonchev–Trinajstić information content (AvgIpc) is 2.19. The molecule has 0 bridgehead atoms. The van der Waals surface area contributed by atoms with E-state index in [4.69, 9.17) is 0 Å². The van der Waals surface area contributed by atoms with Gasteiger partial charge in [0.05, 0.1) is 4.47 Å². The summed E-state index contributed by atoms with van der Waals surface area (Å²) in [5, 5.41) is 2.43. The molecule has 0 spiro atoms. The molecule has 0 fully saturated rings. The van der Waals surface area contributed by atoms with Crippen LogP contribution in [0.1, 0.15) is 5.56 Å². The first-order chi connectivity index (χ1) is 6.63. The van der Waals surface area contributed by atoms with Gasteiger partial charge in [-0.2, -0.15) is 0 Å². The molecule has 14 heavy (non-hydrogen) atoms. The highest BCUT2D eigenvalue weighted by molar-refractivity contribution is 9.10. The van der Waals surface area contributed by atoms with Crippen molar-refractivity contribution in [2.45, 2.75) is 0 Å². The van der Waals surface area contributed by atoms with Gasteiger partial charge in [-0.05, 0) is 39.7 Å². The second-order valence-electron chi connectivity index (χ2n) is 2.62. The molecule has 1 N–H and O–H groups in total. The van der Waals surface area contributed by atoms with Gasteiger partial charge in [0.15, 0.2) is 0 Å². The largest absolute Gasteiger partial charge is 0.356 e. The molecule has 1 rings (SSSR count). The van der Waals surface area contributed by atoms with Crippen molar-refractivity contribution in [1.29, 1.82) is 0 Å². The monoisotopic (exact) mass is 257 g/mol. The third-order valence-corrected chi connectivity index (χ3v) is 2.26. The first kappa shape index (κ1) is 10.9. The predicted octanol–water partition coefficient (Wildman–Crippen LogP) is 2.35. The van der Waals surface area contributed by atoms with Crippen molar-refractivity contribution < 1.29 is 9.18 Å². The Balaban J connectivity index is 2.83. The van der Waals surface area contributed by atoms with Gasteiger partial charge in [-0.1, -0.05) is 6.07 Å². The summed E-state index contributed by atoms with van der Waals surface area (Å²) < 4.78 is 13.4. The third kappa shape index (κ3) is 2.96. The lowest BCUT2D eigenvalue weighted by Gasteiger charge is -1.96. The minimum Gasteiger partial charge on any atom is -0.356 e. The van der Waals surface area contributed by atoms with E-state index in [9.17, 15) is 9.18 Å². The zero-order valence-corrected chi connectivity index (χ0v) is 9.14. The van der Waals surface area contributed by atoms with E-state index < -0.39 is 0 Å². The van der Waals surface area contributed by atoms with Crippen molar-refractivity contribution >= 4 is 27.9 Å². The summed E-state index contributed by atoms with van der Waals surface area (Å²) in [6.07, 6.45) is 2.90. The molecule has 0 radical (unpaired) electrons. The molecule has 0 aliphatic heterocycles. The number of carbonyl (C=O) groups is 1. The quantitative estimate of drug-likeness (QED) is 0.810. The minimum absolute atomic E-state index is 0.215. The zero-order valence-electron chi connectivity index (χ0n) is 7.55. The van der Waals surface area contributed by atoms with E-state index in [0.717, 1.165) is 0 Å².